The number of aromatic carboxylic acids is 1. The molecule has 0 saturated heterocycles. The Balaban J connectivity index is 2.78. The molecule has 3 N–H and O–H groups in total. The normalized spacial score (nSPS) is 12.6. The van der Waals surface area contributed by atoms with Crippen LogP contribution < -0.4 is 10.6 Å². The van der Waals surface area contributed by atoms with Crippen molar-refractivity contribution >= 4 is 33.6 Å². The number of carbonyl (C=O) groups is 2. The van der Waals surface area contributed by atoms with E-state index in [1.807, 2.05) is 0 Å². The van der Waals surface area contributed by atoms with Crippen LogP contribution in [0.5, 0.6) is 0 Å². The van der Waals surface area contributed by atoms with Crippen molar-refractivity contribution in [3.05, 3.63) is 28.2 Å². The number of urea groups is 1. The van der Waals surface area contributed by atoms with Gasteiger partial charge in [-0.2, -0.15) is 13.2 Å². The van der Waals surface area contributed by atoms with E-state index in [1.165, 1.54) is 25.1 Å². The molecule has 0 radical (unpaired) electrons. The average molecular weight is 369 g/mol. The number of halogens is 4. The summed E-state index contributed by atoms with van der Waals surface area (Å²) in [7, 11) is 0. The van der Waals surface area contributed by atoms with E-state index in [9.17, 15) is 22.8 Å². The van der Waals surface area contributed by atoms with Crippen molar-refractivity contribution in [3.8, 4) is 0 Å². The first-order valence-electron chi connectivity index (χ1n) is 5.76. The summed E-state index contributed by atoms with van der Waals surface area (Å²) in [5.74, 6) is -1.27. The number of rotatable bonds is 4. The predicted molar refractivity (Wildman–Crippen MR) is 73.4 cm³/mol. The van der Waals surface area contributed by atoms with Crippen LogP contribution in [0, 0.1) is 0 Å². The van der Waals surface area contributed by atoms with Crippen LogP contribution in [0.15, 0.2) is 22.7 Å². The summed E-state index contributed by atoms with van der Waals surface area (Å²) in [6.07, 6.45) is -5.57. The number of nitrogens with one attached hydrogen (secondary N) is 2. The number of hydrogen-bond acceptors (Lipinski definition) is 2. The van der Waals surface area contributed by atoms with Crippen molar-refractivity contribution in [2.45, 2.75) is 25.6 Å². The van der Waals surface area contributed by atoms with Gasteiger partial charge in [0.2, 0.25) is 0 Å². The summed E-state index contributed by atoms with van der Waals surface area (Å²) in [6.45, 7) is 1.20. The number of carbonyl (C=O) groups excluding carboxylic acids is 1. The van der Waals surface area contributed by atoms with Gasteiger partial charge in [0.1, 0.15) is 0 Å². The smallest absolute Gasteiger partial charge is 0.391 e. The molecule has 0 spiro atoms. The SMILES string of the molecule is CC(CC(F)(F)F)NC(=O)Nc1c(Br)cccc1C(=O)O. The van der Waals surface area contributed by atoms with Crippen LogP contribution >= 0.6 is 15.9 Å². The third kappa shape index (κ3) is 5.62. The Bertz CT molecular complexity index is 549. The van der Waals surface area contributed by atoms with E-state index in [-0.39, 0.29) is 11.3 Å². The van der Waals surface area contributed by atoms with E-state index < -0.39 is 30.6 Å². The van der Waals surface area contributed by atoms with Gasteiger partial charge in [0.15, 0.2) is 0 Å². The lowest BCUT2D eigenvalue weighted by molar-refractivity contribution is -0.138. The van der Waals surface area contributed by atoms with E-state index in [4.69, 9.17) is 5.11 Å². The number of amides is 2. The minimum Gasteiger partial charge on any atom is -0.478 e. The van der Waals surface area contributed by atoms with Crippen LogP contribution in [0.3, 0.4) is 0 Å². The van der Waals surface area contributed by atoms with Crippen molar-refractivity contribution < 1.29 is 27.9 Å². The number of alkyl halides is 3. The summed E-state index contributed by atoms with van der Waals surface area (Å²) in [5, 5.41) is 13.3. The first kappa shape index (κ1) is 17.3. The van der Waals surface area contributed by atoms with Gasteiger partial charge in [-0.1, -0.05) is 6.07 Å². The maximum Gasteiger partial charge on any atom is 0.391 e. The van der Waals surface area contributed by atoms with Gasteiger partial charge in [-0.15, -0.1) is 0 Å². The Kier molecular flexibility index (Phi) is 5.59. The van der Waals surface area contributed by atoms with E-state index in [0.717, 1.165) is 0 Å². The van der Waals surface area contributed by atoms with Gasteiger partial charge >= 0.3 is 18.2 Å². The Morgan fingerprint density at radius 2 is 2.00 bits per heavy atom. The molecule has 0 bridgehead atoms. The highest BCUT2D eigenvalue weighted by molar-refractivity contribution is 9.10. The molecule has 1 rings (SSSR count). The zero-order chi connectivity index (χ0) is 16.2. The summed E-state index contributed by atoms with van der Waals surface area (Å²) in [5.41, 5.74) is -0.204. The minimum atomic E-state index is -4.40. The monoisotopic (exact) mass is 368 g/mol. The zero-order valence-corrected chi connectivity index (χ0v) is 12.4. The van der Waals surface area contributed by atoms with Crippen LogP contribution in [-0.4, -0.2) is 29.3 Å². The van der Waals surface area contributed by atoms with Crippen molar-refractivity contribution in [1.29, 1.82) is 0 Å². The van der Waals surface area contributed by atoms with Crippen LogP contribution in [0.2, 0.25) is 0 Å². The Labute approximate surface area is 126 Å². The molecule has 5 nitrogen and oxygen atoms in total. The Morgan fingerprint density at radius 3 is 2.52 bits per heavy atom. The van der Waals surface area contributed by atoms with Gasteiger partial charge in [0.05, 0.1) is 17.7 Å². The molecule has 116 valence electrons. The summed E-state index contributed by atoms with van der Waals surface area (Å²) >= 11 is 3.07. The largest absolute Gasteiger partial charge is 0.478 e. The fourth-order valence-corrected chi connectivity index (χ4v) is 2.07. The molecular weight excluding hydrogens is 357 g/mol. The number of carboxylic acid groups (broad SMARTS) is 1. The van der Waals surface area contributed by atoms with Crippen LogP contribution in [0.4, 0.5) is 23.7 Å². The number of benzene rings is 1. The highest BCUT2D eigenvalue weighted by Crippen LogP contribution is 2.26. The van der Waals surface area contributed by atoms with Crippen LogP contribution in [0.25, 0.3) is 0 Å². The lowest BCUT2D eigenvalue weighted by Gasteiger charge is -2.17. The summed E-state index contributed by atoms with van der Waals surface area (Å²) < 4.78 is 36.8. The van der Waals surface area contributed by atoms with Gasteiger partial charge in [-0.25, -0.2) is 9.59 Å². The minimum absolute atomic E-state index is 0.0262. The van der Waals surface area contributed by atoms with E-state index >= 15 is 0 Å². The topological polar surface area (TPSA) is 78.4 Å². The Hall–Kier alpha value is -1.77. The van der Waals surface area contributed by atoms with Crippen molar-refractivity contribution in [1.82, 2.24) is 5.32 Å². The predicted octanol–water partition coefficient (Wildman–Crippen LogP) is 3.61. The molecule has 0 saturated carbocycles. The molecular formula is C12H12BrF3N2O3. The molecule has 0 fully saturated rings. The highest BCUT2D eigenvalue weighted by Gasteiger charge is 2.30. The fourth-order valence-electron chi connectivity index (χ4n) is 1.60. The molecule has 1 aromatic carbocycles. The summed E-state index contributed by atoms with van der Waals surface area (Å²) in [6, 6.07) is 2.17. The lowest BCUT2D eigenvalue weighted by Crippen LogP contribution is -2.39. The van der Waals surface area contributed by atoms with Gasteiger partial charge in [0, 0.05) is 10.5 Å². The lowest BCUT2D eigenvalue weighted by atomic mass is 10.2. The molecule has 0 aliphatic rings. The number of carboxylic acids is 1. The molecule has 1 unspecified atom stereocenters. The molecule has 1 atom stereocenters. The molecule has 21 heavy (non-hydrogen) atoms. The molecule has 0 aromatic heterocycles. The van der Waals surface area contributed by atoms with E-state index in [1.54, 1.807) is 0 Å². The fraction of sp³-hybridized carbons (Fsp3) is 0.333. The zero-order valence-electron chi connectivity index (χ0n) is 10.8. The quantitative estimate of drug-likeness (QED) is 0.759. The van der Waals surface area contributed by atoms with Gasteiger partial charge in [-0.3, -0.25) is 0 Å². The van der Waals surface area contributed by atoms with Crippen LogP contribution in [-0.2, 0) is 0 Å². The second-order valence-corrected chi connectivity index (χ2v) is 5.14. The number of para-hydroxylation sites is 1. The van der Waals surface area contributed by atoms with Crippen LogP contribution in [0.1, 0.15) is 23.7 Å². The van der Waals surface area contributed by atoms with Gasteiger partial charge in [-0.05, 0) is 35.0 Å². The maximum atomic E-state index is 12.2. The first-order valence-corrected chi connectivity index (χ1v) is 6.55. The van der Waals surface area contributed by atoms with Gasteiger partial charge in [0.25, 0.3) is 0 Å². The third-order valence-electron chi connectivity index (χ3n) is 2.40. The summed E-state index contributed by atoms with van der Waals surface area (Å²) in [4.78, 5) is 22.7. The molecule has 0 aliphatic heterocycles. The van der Waals surface area contributed by atoms with Crippen molar-refractivity contribution in [2.24, 2.45) is 0 Å². The Morgan fingerprint density at radius 1 is 1.38 bits per heavy atom. The number of anilines is 1. The number of hydrogen-bond donors (Lipinski definition) is 3. The standard InChI is InChI=1S/C12H12BrF3N2O3/c1-6(5-12(14,15)16)17-11(21)18-9-7(10(19)20)3-2-4-8(9)13/h2-4,6H,5H2,1H3,(H,19,20)(H2,17,18,21). The van der Waals surface area contributed by atoms with Crippen molar-refractivity contribution in [3.63, 3.8) is 0 Å². The maximum absolute atomic E-state index is 12.2. The second kappa shape index (κ2) is 6.79. The highest BCUT2D eigenvalue weighted by atomic mass is 79.9. The van der Waals surface area contributed by atoms with Crippen molar-refractivity contribution in [2.75, 3.05) is 5.32 Å². The third-order valence-corrected chi connectivity index (χ3v) is 3.06. The molecule has 9 heteroatoms. The van der Waals surface area contributed by atoms with E-state index in [2.05, 4.69) is 26.6 Å². The van der Waals surface area contributed by atoms with Gasteiger partial charge < -0.3 is 15.7 Å². The second-order valence-electron chi connectivity index (χ2n) is 4.29. The molecule has 0 aliphatic carbocycles. The molecule has 0 heterocycles. The molecule has 2 amide bonds. The first-order chi connectivity index (χ1) is 9.60. The average Bonchev–Trinajstić information content (AvgIpc) is 2.28. The molecule has 1 aromatic rings. The van der Waals surface area contributed by atoms with E-state index in [0.29, 0.717) is 4.47 Å².